The summed E-state index contributed by atoms with van der Waals surface area (Å²) in [5.74, 6) is -1.30. The Hall–Kier alpha value is -0.200. The Balaban J connectivity index is 3.11. The Morgan fingerprint density at radius 3 is 2.07 bits per heavy atom. The molecule has 1 atom stereocenters. The van der Waals surface area contributed by atoms with Crippen LogP contribution in [0.3, 0.4) is 0 Å². The topological polar surface area (TPSA) is 18.5 Å². The van der Waals surface area contributed by atoms with Gasteiger partial charge in [-0.3, -0.25) is 0 Å². The van der Waals surface area contributed by atoms with Gasteiger partial charge in [-0.1, -0.05) is 30.3 Å². The zero-order chi connectivity index (χ0) is 10.6. The molecule has 0 aliphatic carbocycles. The minimum Gasteiger partial charge on any atom is -0.346 e. The van der Waals surface area contributed by atoms with E-state index in [2.05, 4.69) is 0 Å². The highest BCUT2D eigenvalue weighted by molar-refractivity contribution is 14.1. The quantitative estimate of drug-likeness (QED) is 0.484. The normalized spacial score (nSPS) is 14.0. The molecule has 0 N–H and O–H groups in total. The van der Waals surface area contributed by atoms with E-state index in [1.165, 1.54) is 14.2 Å². The fourth-order valence-corrected chi connectivity index (χ4v) is 2.16. The van der Waals surface area contributed by atoms with Crippen LogP contribution in [0.25, 0.3) is 0 Å². The third-order valence-electron chi connectivity index (χ3n) is 2.07. The van der Waals surface area contributed by atoms with Crippen molar-refractivity contribution in [2.45, 2.75) is 9.97 Å². The lowest BCUT2D eigenvalue weighted by atomic mass is 10.1. The van der Waals surface area contributed by atoms with E-state index in [4.69, 9.17) is 9.47 Å². The van der Waals surface area contributed by atoms with Gasteiger partial charge in [0, 0.05) is 19.8 Å². The fourth-order valence-electron chi connectivity index (χ4n) is 1.29. The van der Waals surface area contributed by atoms with Crippen LogP contribution in [0.2, 0.25) is 0 Å². The van der Waals surface area contributed by atoms with Crippen molar-refractivity contribution in [1.29, 1.82) is 0 Å². The van der Waals surface area contributed by atoms with Crippen molar-refractivity contribution in [3.63, 3.8) is 0 Å². The summed E-state index contributed by atoms with van der Waals surface area (Å²) in [5, 5.41) is 0. The number of alkyl halides is 2. The van der Waals surface area contributed by atoms with E-state index >= 15 is 0 Å². The van der Waals surface area contributed by atoms with Crippen LogP contribution in [-0.2, 0) is 15.3 Å². The van der Waals surface area contributed by atoms with Crippen molar-refractivity contribution in [1.82, 2.24) is 0 Å². The molecular weight excluding hydrogens is 298 g/mol. The molecule has 0 aliphatic rings. The minimum absolute atomic E-state index is 0.673. The fraction of sp³-hybridized carbons (Fsp3) is 0.400. The Kier molecular flexibility index (Phi) is 4.28. The SMILES string of the molecule is COC(OC)(c1ccccc1)C(F)I. The summed E-state index contributed by atoms with van der Waals surface area (Å²) in [6, 6.07) is 9.05. The molecule has 1 unspecified atom stereocenters. The predicted octanol–water partition coefficient (Wildman–Crippen LogP) is 2.86. The summed E-state index contributed by atoms with van der Waals surface area (Å²) in [6.07, 6.45) is 0. The first-order valence-electron chi connectivity index (χ1n) is 4.11. The van der Waals surface area contributed by atoms with Gasteiger partial charge in [0.15, 0.2) is 0 Å². The average Bonchev–Trinajstić information content (AvgIpc) is 2.22. The van der Waals surface area contributed by atoms with Crippen LogP contribution in [0.4, 0.5) is 4.39 Å². The first-order chi connectivity index (χ1) is 6.67. The average molecular weight is 310 g/mol. The van der Waals surface area contributed by atoms with Crippen LogP contribution in [-0.4, -0.2) is 18.4 Å². The summed E-state index contributed by atoms with van der Waals surface area (Å²) in [5.41, 5.74) is 0.673. The van der Waals surface area contributed by atoms with Crippen molar-refractivity contribution in [2.24, 2.45) is 0 Å². The smallest absolute Gasteiger partial charge is 0.236 e. The van der Waals surface area contributed by atoms with Gasteiger partial charge in [-0.25, -0.2) is 4.39 Å². The van der Waals surface area contributed by atoms with Gasteiger partial charge in [0.05, 0.1) is 0 Å². The molecule has 0 aromatic heterocycles. The first-order valence-corrected chi connectivity index (χ1v) is 5.36. The van der Waals surface area contributed by atoms with Gasteiger partial charge in [0.2, 0.25) is 9.97 Å². The van der Waals surface area contributed by atoms with Gasteiger partial charge in [0.25, 0.3) is 0 Å². The van der Waals surface area contributed by atoms with Gasteiger partial charge in [-0.2, -0.15) is 0 Å². The van der Waals surface area contributed by atoms with Gasteiger partial charge >= 0.3 is 0 Å². The number of halogens is 2. The van der Waals surface area contributed by atoms with Crippen LogP contribution in [0, 0.1) is 0 Å². The highest BCUT2D eigenvalue weighted by Crippen LogP contribution is 2.35. The summed E-state index contributed by atoms with van der Waals surface area (Å²) in [4.78, 5) is 0. The summed E-state index contributed by atoms with van der Waals surface area (Å²) in [7, 11) is 2.86. The molecule has 78 valence electrons. The lowest BCUT2D eigenvalue weighted by Gasteiger charge is -2.31. The Morgan fingerprint density at radius 1 is 1.21 bits per heavy atom. The van der Waals surface area contributed by atoms with Crippen LogP contribution >= 0.6 is 22.6 Å². The predicted molar refractivity (Wildman–Crippen MR) is 61.1 cm³/mol. The van der Waals surface area contributed by atoms with Crippen molar-refractivity contribution in [3.05, 3.63) is 35.9 Å². The lowest BCUT2D eigenvalue weighted by molar-refractivity contribution is -0.229. The molecule has 1 aromatic rings. The number of hydrogen-bond donors (Lipinski definition) is 0. The first kappa shape index (κ1) is 11.9. The van der Waals surface area contributed by atoms with E-state index in [0.717, 1.165) is 0 Å². The Bertz CT molecular complexity index is 273. The lowest BCUT2D eigenvalue weighted by Crippen LogP contribution is -2.37. The molecular formula is C10H12FIO2. The maximum atomic E-state index is 13.4. The molecule has 0 saturated carbocycles. The highest BCUT2D eigenvalue weighted by Gasteiger charge is 2.40. The number of methoxy groups -OCH3 is 2. The number of hydrogen-bond acceptors (Lipinski definition) is 2. The second-order valence-corrected chi connectivity index (χ2v) is 3.84. The van der Waals surface area contributed by atoms with Crippen molar-refractivity contribution >= 4 is 22.6 Å². The zero-order valence-corrected chi connectivity index (χ0v) is 10.2. The number of ether oxygens (including phenoxy) is 2. The Labute approximate surface area is 96.5 Å². The van der Waals surface area contributed by atoms with E-state index in [1.807, 2.05) is 18.2 Å². The molecule has 0 fully saturated rings. The molecule has 0 spiro atoms. The van der Waals surface area contributed by atoms with Gasteiger partial charge in [-0.05, 0) is 22.6 Å². The van der Waals surface area contributed by atoms with Crippen LogP contribution in [0.5, 0.6) is 0 Å². The molecule has 1 aromatic carbocycles. The van der Waals surface area contributed by atoms with Gasteiger partial charge in [0.1, 0.15) is 0 Å². The van der Waals surface area contributed by atoms with Gasteiger partial charge < -0.3 is 9.47 Å². The molecule has 0 amide bonds. The molecule has 0 saturated heterocycles. The second-order valence-electron chi connectivity index (χ2n) is 2.74. The molecule has 0 aliphatic heterocycles. The molecule has 0 bridgehead atoms. The summed E-state index contributed by atoms with van der Waals surface area (Å²) in [6.45, 7) is 0. The van der Waals surface area contributed by atoms with Gasteiger partial charge in [-0.15, -0.1) is 0 Å². The highest BCUT2D eigenvalue weighted by atomic mass is 127. The monoisotopic (exact) mass is 310 g/mol. The van der Waals surface area contributed by atoms with Crippen molar-refractivity contribution in [3.8, 4) is 0 Å². The number of rotatable bonds is 4. The number of benzene rings is 1. The van der Waals surface area contributed by atoms with Crippen molar-refractivity contribution < 1.29 is 13.9 Å². The molecule has 2 nitrogen and oxygen atoms in total. The Morgan fingerprint density at radius 2 is 1.71 bits per heavy atom. The third-order valence-corrected chi connectivity index (χ3v) is 2.89. The third kappa shape index (κ3) is 2.07. The maximum absolute atomic E-state index is 13.4. The van der Waals surface area contributed by atoms with E-state index < -0.39 is 9.97 Å². The molecule has 0 heterocycles. The minimum atomic E-state index is -1.30. The second kappa shape index (κ2) is 5.04. The summed E-state index contributed by atoms with van der Waals surface area (Å²) < 4.78 is 22.4. The van der Waals surface area contributed by atoms with Crippen molar-refractivity contribution in [2.75, 3.05) is 14.2 Å². The van der Waals surface area contributed by atoms with E-state index in [1.54, 1.807) is 34.7 Å². The molecule has 14 heavy (non-hydrogen) atoms. The standard InChI is InChI=1S/C10H12FIO2/c1-13-10(14-2,9(11)12)8-6-4-3-5-7-8/h3-7,9H,1-2H3. The molecule has 0 radical (unpaired) electrons. The molecule has 4 heteroatoms. The van der Waals surface area contributed by atoms with E-state index in [0.29, 0.717) is 5.56 Å². The largest absolute Gasteiger partial charge is 0.346 e. The van der Waals surface area contributed by atoms with Crippen LogP contribution in [0.15, 0.2) is 30.3 Å². The summed E-state index contributed by atoms with van der Waals surface area (Å²) >= 11 is 1.64. The van der Waals surface area contributed by atoms with E-state index in [-0.39, 0.29) is 0 Å². The van der Waals surface area contributed by atoms with E-state index in [9.17, 15) is 4.39 Å². The van der Waals surface area contributed by atoms with Crippen LogP contribution in [0.1, 0.15) is 5.56 Å². The zero-order valence-electron chi connectivity index (χ0n) is 8.04. The molecule has 1 rings (SSSR count). The van der Waals surface area contributed by atoms with Crippen LogP contribution < -0.4 is 0 Å². The maximum Gasteiger partial charge on any atom is 0.236 e.